The summed E-state index contributed by atoms with van der Waals surface area (Å²) in [6, 6.07) is 7.45. The molecule has 2 aromatic rings. The van der Waals surface area contributed by atoms with Crippen molar-refractivity contribution in [3.8, 4) is 5.69 Å². The highest BCUT2D eigenvalue weighted by Gasteiger charge is 2.25. The Hall–Kier alpha value is -1.85. The van der Waals surface area contributed by atoms with Gasteiger partial charge < -0.3 is 10.6 Å². The van der Waals surface area contributed by atoms with Crippen LogP contribution in [0.15, 0.2) is 30.5 Å². The highest BCUT2D eigenvalue weighted by Crippen LogP contribution is 2.21. The molecule has 0 saturated heterocycles. The fourth-order valence-corrected chi connectivity index (χ4v) is 2.89. The number of amides is 1. The zero-order chi connectivity index (χ0) is 17.9. The van der Waals surface area contributed by atoms with Crippen molar-refractivity contribution in [1.82, 2.24) is 14.7 Å². The molecule has 0 unspecified atom stereocenters. The summed E-state index contributed by atoms with van der Waals surface area (Å²) >= 11 is 6.07. The molecule has 1 amide bonds. The van der Waals surface area contributed by atoms with Crippen molar-refractivity contribution in [3.63, 3.8) is 0 Å². The normalized spacial score (nSPS) is 11.6. The van der Waals surface area contributed by atoms with Crippen LogP contribution in [0.4, 0.5) is 0 Å². The molecule has 1 heterocycles. The number of hydrogen-bond acceptors (Lipinski definition) is 3. The molecule has 0 aliphatic rings. The summed E-state index contributed by atoms with van der Waals surface area (Å²) in [6.45, 7) is 7.22. The molecular weight excluding hydrogens is 324 g/mol. The van der Waals surface area contributed by atoms with Crippen molar-refractivity contribution in [3.05, 3.63) is 46.7 Å². The molecule has 5 nitrogen and oxygen atoms in total. The summed E-state index contributed by atoms with van der Waals surface area (Å²) in [5, 5.41) is 5.04. The Morgan fingerprint density at radius 2 is 2.12 bits per heavy atom. The lowest BCUT2D eigenvalue weighted by atomic mass is 9.93. The molecule has 0 bridgehead atoms. The highest BCUT2D eigenvalue weighted by molar-refractivity contribution is 6.30. The number of hydrogen-bond donors (Lipinski definition) is 1. The summed E-state index contributed by atoms with van der Waals surface area (Å²) in [5.74, 6) is -0.0401. The molecule has 0 aliphatic heterocycles. The van der Waals surface area contributed by atoms with Crippen molar-refractivity contribution in [1.29, 1.82) is 0 Å². The van der Waals surface area contributed by atoms with Gasteiger partial charge in [0.1, 0.15) is 0 Å². The van der Waals surface area contributed by atoms with Gasteiger partial charge in [-0.25, -0.2) is 4.68 Å². The summed E-state index contributed by atoms with van der Waals surface area (Å²) in [6.07, 6.45) is 2.33. The first-order valence-electron chi connectivity index (χ1n) is 8.07. The van der Waals surface area contributed by atoms with Gasteiger partial charge in [0.05, 0.1) is 23.1 Å². The standard InChI is InChI=1S/C18H25ClN4O/c1-5-16-15(17(24)22(4)12-18(2,3)11-20)10-21-23(16)14-8-6-7-13(19)9-14/h6-10H,5,11-12,20H2,1-4H3. The molecular formula is C18H25ClN4O. The predicted octanol–water partition coefficient (Wildman–Crippen LogP) is 3.15. The van der Waals surface area contributed by atoms with E-state index < -0.39 is 0 Å². The van der Waals surface area contributed by atoms with Crippen LogP contribution in [-0.2, 0) is 6.42 Å². The van der Waals surface area contributed by atoms with Crippen LogP contribution < -0.4 is 5.73 Å². The molecule has 0 spiro atoms. The first-order chi connectivity index (χ1) is 11.3. The average Bonchev–Trinajstić information content (AvgIpc) is 2.97. The van der Waals surface area contributed by atoms with Crippen LogP contribution in [0.1, 0.15) is 36.8 Å². The monoisotopic (exact) mass is 348 g/mol. The van der Waals surface area contributed by atoms with Crippen LogP contribution in [0.25, 0.3) is 5.69 Å². The zero-order valence-corrected chi connectivity index (χ0v) is 15.5. The minimum atomic E-state index is -0.125. The van der Waals surface area contributed by atoms with Crippen LogP contribution in [0.5, 0.6) is 0 Å². The minimum Gasteiger partial charge on any atom is -0.341 e. The number of halogens is 1. The molecule has 1 aromatic heterocycles. The van der Waals surface area contributed by atoms with Gasteiger partial charge in [-0.05, 0) is 36.6 Å². The molecule has 0 radical (unpaired) electrons. The Kier molecular flexibility index (Phi) is 5.67. The Balaban J connectivity index is 2.33. The lowest BCUT2D eigenvalue weighted by molar-refractivity contribution is 0.0739. The van der Waals surface area contributed by atoms with Crippen molar-refractivity contribution >= 4 is 17.5 Å². The minimum absolute atomic E-state index is 0.0401. The maximum absolute atomic E-state index is 12.8. The third kappa shape index (κ3) is 3.97. The lowest BCUT2D eigenvalue weighted by Crippen LogP contribution is -2.40. The molecule has 0 aliphatic carbocycles. The first kappa shape index (κ1) is 18.5. The summed E-state index contributed by atoms with van der Waals surface area (Å²) in [5.41, 5.74) is 7.99. The number of nitrogens with zero attached hydrogens (tertiary/aromatic N) is 3. The number of nitrogens with two attached hydrogens (primary N) is 1. The maximum Gasteiger partial charge on any atom is 0.257 e. The molecule has 1 aromatic carbocycles. The van der Waals surface area contributed by atoms with Crippen molar-refractivity contribution in [2.24, 2.45) is 11.1 Å². The van der Waals surface area contributed by atoms with E-state index in [1.807, 2.05) is 45.0 Å². The van der Waals surface area contributed by atoms with Gasteiger partial charge >= 0.3 is 0 Å². The Bertz CT molecular complexity index is 724. The number of carbonyl (C=O) groups excluding carboxylic acids is 1. The quantitative estimate of drug-likeness (QED) is 0.872. The Labute approximate surface area is 148 Å². The molecule has 24 heavy (non-hydrogen) atoms. The second-order valence-corrected chi connectivity index (χ2v) is 7.22. The van der Waals surface area contributed by atoms with E-state index in [2.05, 4.69) is 5.10 Å². The number of aromatic nitrogens is 2. The van der Waals surface area contributed by atoms with Crippen LogP contribution >= 0.6 is 11.6 Å². The average molecular weight is 349 g/mol. The maximum atomic E-state index is 12.8. The van der Waals surface area contributed by atoms with Gasteiger partial charge in [0.25, 0.3) is 5.91 Å². The van der Waals surface area contributed by atoms with Crippen LogP contribution in [0, 0.1) is 5.41 Å². The molecule has 6 heteroatoms. The Morgan fingerprint density at radius 1 is 1.42 bits per heavy atom. The molecule has 0 saturated carbocycles. The van der Waals surface area contributed by atoms with Gasteiger partial charge in [-0.3, -0.25) is 4.79 Å². The highest BCUT2D eigenvalue weighted by atomic mass is 35.5. The SMILES string of the molecule is CCc1c(C(=O)N(C)CC(C)(C)CN)cnn1-c1cccc(Cl)c1. The van der Waals surface area contributed by atoms with Gasteiger partial charge in [-0.15, -0.1) is 0 Å². The first-order valence-corrected chi connectivity index (χ1v) is 8.45. The number of carbonyl (C=O) groups is 1. The molecule has 130 valence electrons. The topological polar surface area (TPSA) is 64.2 Å². The van der Waals surface area contributed by atoms with E-state index in [9.17, 15) is 4.79 Å². The van der Waals surface area contributed by atoms with E-state index in [0.29, 0.717) is 30.1 Å². The van der Waals surface area contributed by atoms with E-state index in [-0.39, 0.29) is 11.3 Å². The third-order valence-corrected chi connectivity index (χ3v) is 4.29. The molecule has 2 N–H and O–H groups in total. The Morgan fingerprint density at radius 3 is 2.71 bits per heavy atom. The number of benzene rings is 1. The van der Waals surface area contributed by atoms with Crippen LogP contribution in [0.2, 0.25) is 5.02 Å². The zero-order valence-electron chi connectivity index (χ0n) is 14.7. The fraction of sp³-hybridized carbons (Fsp3) is 0.444. The van der Waals surface area contributed by atoms with Gasteiger partial charge in [0.15, 0.2) is 0 Å². The second-order valence-electron chi connectivity index (χ2n) is 6.78. The van der Waals surface area contributed by atoms with E-state index in [4.69, 9.17) is 17.3 Å². The molecule has 0 atom stereocenters. The smallest absolute Gasteiger partial charge is 0.257 e. The molecule has 2 rings (SSSR count). The van der Waals surface area contributed by atoms with E-state index in [0.717, 1.165) is 11.4 Å². The summed E-state index contributed by atoms with van der Waals surface area (Å²) in [7, 11) is 1.80. The summed E-state index contributed by atoms with van der Waals surface area (Å²) < 4.78 is 1.78. The van der Waals surface area contributed by atoms with Crippen LogP contribution in [-0.4, -0.2) is 40.7 Å². The van der Waals surface area contributed by atoms with Gasteiger partial charge in [0.2, 0.25) is 0 Å². The van der Waals surface area contributed by atoms with Crippen LogP contribution in [0.3, 0.4) is 0 Å². The fourth-order valence-electron chi connectivity index (χ4n) is 2.71. The van der Waals surface area contributed by atoms with Gasteiger partial charge in [-0.1, -0.05) is 38.4 Å². The number of rotatable bonds is 6. The van der Waals surface area contributed by atoms with E-state index in [1.54, 1.807) is 22.8 Å². The van der Waals surface area contributed by atoms with Crippen molar-refractivity contribution in [2.45, 2.75) is 27.2 Å². The lowest BCUT2D eigenvalue weighted by Gasteiger charge is -2.29. The predicted molar refractivity (Wildman–Crippen MR) is 97.7 cm³/mol. The summed E-state index contributed by atoms with van der Waals surface area (Å²) in [4.78, 5) is 14.5. The van der Waals surface area contributed by atoms with E-state index in [1.165, 1.54) is 0 Å². The third-order valence-electron chi connectivity index (χ3n) is 4.05. The molecule has 0 fully saturated rings. The van der Waals surface area contributed by atoms with Gasteiger partial charge in [0, 0.05) is 18.6 Å². The van der Waals surface area contributed by atoms with E-state index >= 15 is 0 Å². The van der Waals surface area contributed by atoms with Crippen molar-refractivity contribution < 1.29 is 4.79 Å². The largest absolute Gasteiger partial charge is 0.341 e. The van der Waals surface area contributed by atoms with Crippen molar-refractivity contribution in [2.75, 3.05) is 20.1 Å². The second kappa shape index (κ2) is 7.36. The van der Waals surface area contributed by atoms with Gasteiger partial charge in [-0.2, -0.15) is 5.10 Å².